The van der Waals surface area contributed by atoms with Crippen LogP contribution in [-0.4, -0.2) is 9.97 Å². The third-order valence-corrected chi connectivity index (χ3v) is 3.95. The van der Waals surface area contributed by atoms with E-state index < -0.39 is 0 Å². The molecule has 82 valence electrons. The van der Waals surface area contributed by atoms with Gasteiger partial charge in [-0.3, -0.25) is 0 Å². The van der Waals surface area contributed by atoms with Gasteiger partial charge >= 0.3 is 0 Å². The fourth-order valence-corrected chi connectivity index (χ4v) is 2.07. The van der Waals surface area contributed by atoms with E-state index in [2.05, 4.69) is 66.8 Å². The number of hydrogen-bond acceptors (Lipinski definition) is 3. The molecule has 0 amide bonds. The maximum atomic E-state index is 4.19. The zero-order chi connectivity index (χ0) is 11.5. The van der Waals surface area contributed by atoms with Gasteiger partial charge in [0.05, 0.1) is 9.26 Å². The van der Waals surface area contributed by atoms with Crippen molar-refractivity contribution in [3.8, 4) is 0 Å². The molecule has 2 aromatic rings. The Bertz CT molecular complexity index is 516. The van der Waals surface area contributed by atoms with E-state index in [9.17, 15) is 0 Å². The average molecular weight is 390 g/mol. The van der Waals surface area contributed by atoms with E-state index in [1.807, 2.05) is 12.1 Å². The van der Waals surface area contributed by atoms with Gasteiger partial charge in [-0.25, -0.2) is 9.97 Å². The fraction of sp³-hybridized carbons (Fsp3) is 0.0909. The molecule has 1 aromatic heterocycles. The van der Waals surface area contributed by atoms with Crippen LogP contribution < -0.4 is 5.32 Å². The molecule has 0 aliphatic carbocycles. The number of hydrogen-bond donors (Lipinski definition) is 1. The molecule has 0 unspecified atom stereocenters. The van der Waals surface area contributed by atoms with Crippen molar-refractivity contribution in [2.45, 2.75) is 6.92 Å². The van der Waals surface area contributed by atoms with Crippen LogP contribution in [0.25, 0.3) is 0 Å². The zero-order valence-corrected chi connectivity index (χ0v) is 12.3. The van der Waals surface area contributed by atoms with Crippen LogP contribution in [-0.2, 0) is 0 Å². The number of aromatic nitrogens is 2. The number of nitrogens with one attached hydrogen (secondary N) is 1. The van der Waals surface area contributed by atoms with Crippen molar-refractivity contribution in [2.24, 2.45) is 0 Å². The molecule has 16 heavy (non-hydrogen) atoms. The second-order valence-electron chi connectivity index (χ2n) is 3.28. The average Bonchev–Trinajstić information content (AvgIpc) is 2.28. The summed E-state index contributed by atoms with van der Waals surface area (Å²) in [4.78, 5) is 8.15. The minimum atomic E-state index is 0.821. The van der Waals surface area contributed by atoms with Crippen molar-refractivity contribution >= 4 is 50.0 Å². The Balaban J connectivity index is 2.35. The molecular formula is C11H9BrIN3. The molecule has 0 aliphatic heterocycles. The summed E-state index contributed by atoms with van der Waals surface area (Å²) in [6.45, 7) is 2.06. The van der Waals surface area contributed by atoms with Crippen molar-refractivity contribution < 1.29 is 0 Å². The van der Waals surface area contributed by atoms with Crippen molar-refractivity contribution in [2.75, 3.05) is 5.32 Å². The number of halogens is 2. The molecule has 0 saturated heterocycles. The van der Waals surface area contributed by atoms with Crippen molar-refractivity contribution in [3.63, 3.8) is 0 Å². The molecule has 3 nitrogen and oxygen atoms in total. The number of anilines is 2. The summed E-state index contributed by atoms with van der Waals surface area (Å²) in [6.07, 6.45) is 3.31. The van der Waals surface area contributed by atoms with Crippen molar-refractivity contribution in [1.82, 2.24) is 9.97 Å². The molecule has 1 N–H and O–H groups in total. The van der Waals surface area contributed by atoms with Crippen molar-refractivity contribution in [1.29, 1.82) is 0 Å². The summed E-state index contributed by atoms with van der Waals surface area (Å²) in [5.74, 6) is 0.821. The topological polar surface area (TPSA) is 37.8 Å². The lowest BCUT2D eigenvalue weighted by Crippen LogP contribution is -1.98. The number of rotatable bonds is 2. The molecule has 0 bridgehead atoms. The summed E-state index contributed by atoms with van der Waals surface area (Å²) < 4.78 is 2.05. The molecule has 0 radical (unpaired) electrons. The highest BCUT2D eigenvalue weighted by atomic mass is 127. The molecule has 1 heterocycles. The third-order valence-electron chi connectivity index (χ3n) is 2.11. The van der Waals surface area contributed by atoms with Gasteiger partial charge in [0.2, 0.25) is 0 Å². The van der Waals surface area contributed by atoms with Crippen LogP contribution in [0.5, 0.6) is 0 Å². The summed E-state index contributed by atoms with van der Waals surface area (Å²) in [5, 5.41) is 3.28. The van der Waals surface area contributed by atoms with Crippen LogP contribution in [0, 0.1) is 10.5 Å². The quantitative estimate of drug-likeness (QED) is 0.791. The van der Waals surface area contributed by atoms with Gasteiger partial charge in [0, 0.05) is 10.7 Å². The molecule has 2 rings (SSSR count). The largest absolute Gasteiger partial charge is 0.338 e. The summed E-state index contributed by atoms with van der Waals surface area (Å²) in [7, 11) is 0. The SMILES string of the molecule is Cc1cccc(Nc2ncncc2I)c1Br. The Morgan fingerprint density at radius 1 is 1.38 bits per heavy atom. The van der Waals surface area contributed by atoms with E-state index >= 15 is 0 Å². The first-order chi connectivity index (χ1) is 7.68. The summed E-state index contributed by atoms with van der Waals surface area (Å²) >= 11 is 5.76. The maximum Gasteiger partial charge on any atom is 0.147 e. The van der Waals surface area contributed by atoms with E-state index in [-0.39, 0.29) is 0 Å². The van der Waals surface area contributed by atoms with Gasteiger partial charge in [-0.05, 0) is 57.1 Å². The molecule has 0 aliphatic rings. The molecule has 1 aromatic carbocycles. The van der Waals surface area contributed by atoms with E-state index in [1.165, 1.54) is 11.9 Å². The van der Waals surface area contributed by atoms with Crippen LogP contribution in [0.2, 0.25) is 0 Å². The molecular weight excluding hydrogens is 381 g/mol. The second kappa shape index (κ2) is 5.09. The van der Waals surface area contributed by atoms with E-state index in [0.29, 0.717) is 0 Å². The second-order valence-corrected chi connectivity index (χ2v) is 5.24. The highest BCUT2D eigenvalue weighted by Crippen LogP contribution is 2.29. The first kappa shape index (κ1) is 11.8. The van der Waals surface area contributed by atoms with E-state index in [1.54, 1.807) is 6.20 Å². The predicted octanol–water partition coefficient (Wildman–Crippen LogP) is 3.90. The maximum absolute atomic E-state index is 4.19. The number of aryl methyl sites for hydroxylation is 1. The van der Waals surface area contributed by atoms with E-state index in [4.69, 9.17) is 0 Å². The molecule has 0 atom stereocenters. The highest BCUT2D eigenvalue weighted by molar-refractivity contribution is 14.1. The Labute approximate surface area is 116 Å². The minimum absolute atomic E-state index is 0.821. The van der Waals surface area contributed by atoms with Gasteiger partial charge in [0.25, 0.3) is 0 Å². The Morgan fingerprint density at radius 3 is 2.94 bits per heavy atom. The highest BCUT2D eigenvalue weighted by Gasteiger charge is 2.05. The molecule has 0 spiro atoms. The van der Waals surface area contributed by atoms with Gasteiger partial charge < -0.3 is 5.32 Å². The summed E-state index contributed by atoms with van der Waals surface area (Å²) in [5.41, 5.74) is 2.20. The first-order valence-corrected chi connectivity index (χ1v) is 6.53. The lowest BCUT2D eigenvalue weighted by Gasteiger charge is -2.10. The lowest BCUT2D eigenvalue weighted by atomic mass is 10.2. The molecule has 0 saturated carbocycles. The van der Waals surface area contributed by atoms with Crippen LogP contribution in [0.4, 0.5) is 11.5 Å². The number of benzene rings is 1. The summed E-state index contributed by atoms with van der Waals surface area (Å²) in [6, 6.07) is 6.08. The monoisotopic (exact) mass is 389 g/mol. The Hall–Kier alpha value is -0.690. The lowest BCUT2D eigenvalue weighted by molar-refractivity contribution is 1.15. The standard InChI is InChI=1S/C11H9BrIN3/c1-7-3-2-4-9(10(7)12)16-11-8(13)5-14-6-15-11/h2-6H,1H3,(H,14,15,16). The smallest absolute Gasteiger partial charge is 0.147 e. The van der Waals surface area contributed by atoms with Gasteiger partial charge in [-0.15, -0.1) is 0 Å². The molecule has 5 heteroatoms. The van der Waals surface area contributed by atoms with Crippen LogP contribution in [0.1, 0.15) is 5.56 Å². The van der Waals surface area contributed by atoms with Gasteiger partial charge in [-0.1, -0.05) is 12.1 Å². The predicted molar refractivity (Wildman–Crippen MR) is 76.9 cm³/mol. The normalized spacial score (nSPS) is 10.2. The zero-order valence-electron chi connectivity index (χ0n) is 8.54. The van der Waals surface area contributed by atoms with Gasteiger partial charge in [0.1, 0.15) is 12.1 Å². The number of nitrogens with zero attached hydrogens (tertiary/aromatic N) is 2. The first-order valence-electron chi connectivity index (χ1n) is 4.66. The van der Waals surface area contributed by atoms with E-state index in [0.717, 1.165) is 19.5 Å². The van der Waals surface area contributed by atoms with Crippen LogP contribution >= 0.6 is 38.5 Å². The minimum Gasteiger partial charge on any atom is -0.338 e. The fourth-order valence-electron chi connectivity index (χ4n) is 1.28. The van der Waals surface area contributed by atoms with Gasteiger partial charge in [-0.2, -0.15) is 0 Å². The Kier molecular flexibility index (Phi) is 3.75. The third kappa shape index (κ3) is 2.52. The Morgan fingerprint density at radius 2 is 2.19 bits per heavy atom. The van der Waals surface area contributed by atoms with Crippen LogP contribution in [0.3, 0.4) is 0 Å². The van der Waals surface area contributed by atoms with Crippen LogP contribution in [0.15, 0.2) is 35.2 Å². The van der Waals surface area contributed by atoms with Gasteiger partial charge in [0.15, 0.2) is 0 Å². The van der Waals surface area contributed by atoms with Crippen molar-refractivity contribution in [3.05, 3.63) is 44.3 Å². The molecule has 0 fully saturated rings.